The molecule has 2 fully saturated rings. The van der Waals surface area contributed by atoms with Crippen LogP contribution in [0.5, 0.6) is 0 Å². The summed E-state index contributed by atoms with van der Waals surface area (Å²) in [6.45, 7) is 3.28. The number of carboxylic acids is 1. The van der Waals surface area contributed by atoms with E-state index in [-0.39, 0.29) is 36.9 Å². The molecule has 7 nitrogen and oxygen atoms in total. The highest BCUT2D eigenvalue weighted by atomic mass is 16.5. The molecule has 0 aromatic carbocycles. The van der Waals surface area contributed by atoms with Gasteiger partial charge < -0.3 is 19.6 Å². The first kappa shape index (κ1) is 16.7. The molecule has 3 atom stereocenters. The minimum Gasteiger partial charge on any atom is -0.481 e. The zero-order valence-corrected chi connectivity index (χ0v) is 13.2. The van der Waals surface area contributed by atoms with Crippen LogP contribution >= 0.6 is 0 Å². The van der Waals surface area contributed by atoms with Crippen molar-refractivity contribution in [3.05, 3.63) is 0 Å². The Bertz CT molecular complexity index is 453. The van der Waals surface area contributed by atoms with Gasteiger partial charge in [0.2, 0.25) is 11.8 Å². The summed E-state index contributed by atoms with van der Waals surface area (Å²) in [5, 5.41) is 9.05. The highest BCUT2D eigenvalue weighted by Crippen LogP contribution is 2.35. The second-order valence-electron chi connectivity index (χ2n) is 6.05. The molecule has 1 saturated heterocycles. The van der Waals surface area contributed by atoms with Gasteiger partial charge in [-0.3, -0.25) is 14.4 Å². The summed E-state index contributed by atoms with van der Waals surface area (Å²) < 4.78 is 5.39. The Morgan fingerprint density at radius 2 is 2.09 bits per heavy atom. The Morgan fingerprint density at radius 1 is 1.36 bits per heavy atom. The highest BCUT2D eigenvalue weighted by Gasteiger charge is 2.45. The van der Waals surface area contributed by atoms with Crippen molar-refractivity contribution >= 4 is 17.8 Å². The number of amides is 2. The van der Waals surface area contributed by atoms with Crippen LogP contribution in [-0.4, -0.2) is 72.1 Å². The lowest BCUT2D eigenvalue weighted by Crippen LogP contribution is -2.47. The minimum atomic E-state index is -0.862. The third-order valence-corrected chi connectivity index (χ3v) is 4.30. The van der Waals surface area contributed by atoms with E-state index in [1.54, 1.807) is 11.9 Å². The standard InChI is InChI=1S/C15H24N2O5/c1-3-22-12-7-11(12)14(19)16(2)9-13(18)17-6-4-5-10(8-17)15(20)21/h10-12H,3-9H2,1-2H3,(H,20,21). The molecule has 0 bridgehead atoms. The molecule has 1 heterocycles. The van der Waals surface area contributed by atoms with E-state index in [4.69, 9.17) is 9.84 Å². The number of likely N-dealkylation sites (N-methyl/N-ethyl adjacent to an activating group) is 1. The Labute approximate surface area is 130 Å². The number of hydrogen-bond donors (Lipinski definition) is 1. The fraction of sp³-hybridized carbons (Fsp3) is 0.800. The fourth-order valence-corrected chi connectivity index (χ4v) is 2.90. The maximum Gasteiger partial charge on any atom is 0.308 e. The average molecular weight is 312 g/mol. The van der Waals surface area contributed by atoms with E-state index >= 15 is 0 Å². The van der Waals surface area contributed by atoms with E-state index in [0.29, 0.717) is 26.0 Å². The second kappa shape index (κ2) is 7.09. The summed E-state index contributed by atoms with van der Waals surface area (Å²) in [5.41, 5.74) is 0. The number of hydrogen-bond acceptors (Lipinski definition) is 4. The molecule has 2 amide bonds. The Morgan fingerprint density at radius 3 is 2.73 bits per heavy atom. The minimum absolute atomic E-state index is 0.000513. The Hall–Kier alpha value is -1.63. The van der Waals surface area contributed by atoms with Gasteiger partial charge in [-0.25, -0.2) is 0 Å². The number of rotatable bonds is 6. The number of piperidine rings is 1. The van der Waals surface area contributed by atoms with Gasteiger partial charge in [0.15, 0.2) is 0 Å². The molecular weight excluding hydrogens is 288 g/mol. The predicted molar refractivity (Wildman–Crippen MR) is 78.1 cm³/mol. The van der Waals surface area contributed by atoms with Gasteiger partial charge in [0.25, 0.3) is 0 Å². The van der Waals surface area contributed by atoms with Crippen molar-refractivity contribution in [3.8, 4) is 0 Å². The van der Waals surface area contributed by atoms with Gasteiger partial charge in [-0.2, -0.15) is 0 Å². The van der Waals surface area contributed by atoms with Crippen LogP contribution in [0.4, 0.5) is 0 Å². The first-order chi connectivity index (χ1) is 10.4. The molecule has 1 aliphatic heterocycles. The van der Waals surface area contributed by atoms with Crippen LogP contribution in [0, 0.1) is 11.8 Å². The maximum absolute atomic E-state index is 12.2. The van der Waals surface area contributed by atoms with Crippen molar-refractivity contribution in [2.75, 3.05) is 33.3 Å². The van der Waals surface area contributed by atoms with Gasteiger partial charge in [-0.1, -0.05) is 0 Å². The summed E-state index contributed by atoms with van der Waals surface area (Å²) in [4.78, 5) is 38.4. The van der Waals surface area contributed by atoms with Crippen molar-refractivity contribution in [2.45, 2.75) is 32.3 Å². The molecule has 7 heteroatoms. The monoisotopic (exact) mass is 312 g/mol. The van der Waals surface area contributed by atoms with Gasteiger partial charge in [0, 0.05) is 26.7 Å². The molecule has 124 valence electrons. The van der Waals surface area contributed by atoms with E-state index in [0.717, 1.165) is 6.42 Å². The summed E-state index contributed by atoms with van der Waals surface area (Å²) >= 11 is 0. The fourth-order valence-electron chi connectivity index (χ4n) is 2.90. The van der Waals surface area contributed by atoms with E-state index < -0.39 is 11.9 Å². The zero-order valence-electron chi connectivity index (χ0n) is 13.2. The van der Waals surface area contributed by atoms with Crippen LogP contribution in [-0.2, 0) is 19.1 Å². The molecular formula is C15H24N2O5. The summed E-state index contributed by atoms with van der Waals surface area (Å²) in [6, 6.07) is 0. The van der Waals surface area contributed by atoms with Crippen molar-refractivity contribution in [3.63, 3.8) is 0 Å². The normalized spacial score (nSPS) is 27.4. The molecule has 1 N–H and O–H groups in total. The number of carboxylic acid groups (broad SMARTS) is 1. The van der Waals surface area contributed by atoms with Crippen LogP contribution in [0.25, 0.3) is 0 Å². The third kappa shape index (κ3) is 3.97. The highest BCUT2D eigenvalue weighted by molar-refractivity contribution is 5.87. The third-order valence-electron chi connectivity index (χ3n) is 4.30. The van der Waals surface area contributed by atoms with Crippen LogP contribution in [0.2, 0.25) is 0 Å². The van der Waals surface area contributed by atoms with Crippen LogP contribution < -0.4 is 0 Å². The molecule has 1 saturated carbocycles. The van der Waals surface area contributed by atoms with Gasteiger partial charge >= 0.3 is 5.97 Å². The lowest BCUT2D eigenvalue weighted by atomic mass is 9.98. The molecule has 2 rings (SSSR count). The van der Waals surface area contributed by atoms with E-state index in [2.05, 4.69) is 0 Å². The molecule has 3 unspecified atom stereocenters. The predicted octanol–water partition coefficient (Wildman–Crippen LogP) is 0.193. The van der Waals surface area contributed by atoms with Crippen LogP contribution in [0.3, 0.4) is 0 Å². The average Bonchev–Trinajstić information content (AvgIpc) is 3.26. The number of likely N-dealkylation sites (tertiary alicyclic amines) is 1. The number of aliphatic carboxylic acids is 1. The van der Waals surface area contributed by atoms with Gasteiger partial charge in [0.1, 0.15) is 0 Å². The number of carbonyl (C=O) groups is 3. The van der Waals surface area contributed by atoms with Crippen molar-refractivity contribution < 1.29 is 24.2 Å². The van der Waals surface area contributed by atoms with Gasteiger partial charge in [-0.15, -0.1) is 0 Å². The maximum atomic E-state index is 12.2. The van der Waals surface area contributed by atoms with Crippen LogP contribution in [0.1, 0.15) is 26.2 Å². The van der Waals surface area contributed by atoms with Crippen LogP contribution in [0.15, 0.2) is 0 Å². The van der Waals surface area contributed by atoms with E-state index in [1.165, 1.54) is 4.90 Å². The number of nitrogens with zero attached hydrogens (tertiary/aromatic N) is 2. The number of carbonyl (C=O) groups excluding carboxylic acids is 2. The molecule has 2 aliphatic rings. The lowest BCUT2D eigenvalue weighted by Gasteiger charge is -2.32. The van der Waals surface area contributed by atoms with Crippen molar-refractivity contribution in [1.29, 1.82) is 0 Å². The quantitative estimate of drug-likeness (QED) is 0.757. The largest absolute Gasteiger partial charge is 0.481 e. The second-order valence-corrected chi connectivity index (χ2v) is 6.05. The Kier molecular flexibility index (Phi) is 5.39. The molecule has 0 spiro atoms. The zero-order chi connectivity index (χ0) is 16.3. The lowest BCUT2D eigenvalue weighted by molar-refractivity contribution is -0.147. The molecule has 0 aromatic heterocycles. The van der Waals surface area contributed by atoms with Gasteiger partial charge in [-0.05, 0) is 26.2 Å². The molecule has 0 radical (unpaired) electrons. The molecule has 1 aliphatic carbocycles. The first-order valence-electron chi connectivity index (χ1n) is 7.81. The topological polar surface area (TPSA) is 87.2 Å². The smallest absolute Gasteiger partial charge is 0.308 e. The molecule has 0 aromatic rings. The van der Waals surface area contributed by atoms with E-state index in [1.807, 2.05) is 6.92 Å². The summed E-state index contributed by atoms with van der Waals surface area (Å²) in [5.74, 6) is -1.75. The first-order valence-corrected chi connectivity index (χ1v) is 7.81. The van der Waals surface area contributed by atoms with Gasteiger partial charge in [0.05, 0.1) is 24.5 Å². The SMILES string of the molecule is CCOC1CC1C(=O)N(C)CC(=O)N1CCCC(C(=O)O)C1. The summed E-state index contributed by atoms with van der Waals surface area (Å²) in [6.07, 6.45) is 2.00. The molecule has 22 heavy (non-hydrogen) atoms. The van der Waals surface area contributed by atoms with Crippen molar-refractivity contribution in [1.82, 2.24) is 9.80 Å². The van der Waals surface area contributed by atoms with E-state index in [9.17, 15) is 14.4 Å². The Balaban J connectivity index is 1.81. The number of ether oxygens (including phenoxy) is 1. The summed E-state index contributed by atoms with van der Waals surface area (Å²) in [7, 11) is 1.61. The van der Waals surface area contributed by atoms with Crippen molar-refractivity contribution in [2.24, 2.45) is 11.8 Å².